The summed E-state index contributed by atoms with van der Waals surface area (Å²) in [6, 6.07) is 31.7. The second-order valence-corrected chi connectivity index (χ2v) is 17.4. The summed E-state index contributed by atoms with van der Waals surface area (Å²) in [6.45, 7) is 4.65. The van der Waals surface area contributed by atoms with Crippen LogP contribution in [0.1, 0.15) is 56.3 Å². The SMILES string of the molecule is Cc1nccc(-c2ccc(CC(NC(=O)[C@@H]3Cc4cc5c(cc4CN3C(=O)NC3Cc4ccccc4C3)O[C@@H](c3ccc(OCc4ccc(Cl)c(Cl)c4)cc3)CO5)C(=O)O)cc2)c1C. The smallest absolute Gasteiger partial charge is 0.326 e. The summed E-state index contributed by atoms with van der Waals surface area (Å²) >= 11 is 12.2. The summed E-state index contributed by atoms with van der Waals surface area (Å²) in [5, 5.41) is 17.3. The Hall–Kier alpha value is -6.56. The number of aliphatic carboxylic acids is 1. The lowest BCUT2D eigenvalue weighted by molar-refractivity contribution is -0.142. The Labute approximate surface area is 381 Å². The third kappa shape index (κ3) is 9.23. The van der Waals surface area contributed by atoms with E-state index < -0.39 is 36.1 Å². The van der Waals surface area contributed by atoms with Crippen molar-refractivity contribution in [1.29, 1.82) is 0 Å². The van der Waals surface area contributed by atoms with Gasteiger partial charge in [-0.1, -0.05) is 89.9 Å². The number of hydrogen-bond acceptors (Lipinski definition) is 7. The summed E-state index contributed by atoms with van der Waals surface area (Å²) in [7, 11) is 0. The highest BCUT2D eigenvalue weighted by Crippen LogP contribution is 2.41. The van der Waals surface area contributed by atoms with Crippen LogP contribution in [-0.2, 0) is 48.4 Å². The molecule has 0 radical (unpaired) electrons. The first-order valence-corrected chi connectivity index (χ1v) is 22.0. The zero-order chi connectivity index (χ0) is 44.5. The Bertz CT molecular complexity index is 2720. The normalized spacial score (nSPS) is 16.9. The summed E-state index contributed by atoms with van der Waals surface area (Å²) in [4.78, 5) is 47.2. The minimum atomic E-state index is -1.24. The molecule has 1 unspecified atom stereocenters. The molecule has 0 saturated carbocycles. The van der Waals surface area contributed by atoms with Crippen molar-refractivity contribution in [3.05, 3.63) is 176 Å². The zero-order valence-electron chi connectivity index (χ0n) is 35.3. The molecule has 1 aliphatic carbocycles. The second-order valence-electron chi connectivity index (χ2n) is 16.6. The number of carboxylic acids is 1. The van der Waals surface area contributed by atoms with Gasteiger partial charge in [0.05, 0.1) is 10.0 Å². The van der Waals surface area contributed by atoms with Crippen molar-refractivity contribution in [2.24, 2.45) is 0 Å². The number of pyridine rings is 1. The van der Waals surface area contributed by atoms with Gasteiger partial charge in [0.1, 0.15) is 31.0 Å². The molecule has 64 heavy (non-hydrogen) atoms. The van der Waals surface area contributed by atoms with Gasteiger partial charge < -0.3 is 34.9 Å². The molecule has 0 saturated heterocycles. The molecular weight excluding hydrogens is 851 g/mol. The average Bonchev–Trinajstić information content (AvgIpc) is 3.71. The number of aryl methyl sites for hydroxylation is 1. The van der Waals surface area contributed by atoms with Crippen LogP contribution in [0.3, 0.4) is 0 Å². The van der Waals surface area contributed by atoms with Crippen LogP contribution in [0.4, 0.5) is 4.79 Å². The van der Waals surface area contributed by atoms with E-state index in [4.69, 9.17) is 37.4 Å². The standard InChI is InChI=1S/C51H46Cl2N4O7/c1-29-30(2)54-18-17-41(29)33-10-7-31(8-11-33)20-44(50(59)60)56-49(58)45-23-37-24-46-47(25-38(37)26-57(45)51(61)55-39-21-35-5-3-4-6-36(35)22-39)64-48(28-63-46)34-12-14-40(15-13-34)62-27-32-9-16-42(52)43(53)19-32/h3-19,24-25,39,44-45,48H,20-23,26-28H2,1-2H3,(H,55,61)(H,56,58)(H,59,60)/t44?,45-,48+/m0/s1. The van der Waals surface area contributed by atoms with E-state index in [1.807, 2.05) is 98.8 Å². The summed E-state index contributed by atoms with van der Waals surface area (Å²) in [6.07, 6.45) is 2.91. The Morgan fingerprint density at radius 2 is 1.55 bits per heavy atom. The molecule has 6 aromatic rings. The predicted molar refractivity (Wildman–Crippen MR) is 244 cm³/mol. The number of carbonyl (C=O) groups is 3. The highest BCUT2D eigenvalue weighted by molar-refractivity contribution is 6.42. The quantitative estimate of drug-likeness (QED) is 0.117. The third-order valence-corrected chi connectivity index (χ3v) is 13.2. The Morgan fingerprint density at radius 1 is 0.828 bits per heavy atom. The van der Waals surface area contributed by atoms with Gasteiger partial charge >= 0.3 is 12.0 Å². The first kappa shape index (κ1) is 42.7. The van der Waals surface area contributed by atoms with Crippen LogP contribution < -0.4 is 24.8 Å². The fraction of sp³-hybridized carbons (Fsp3) is 0.255. The molecule has 0 spiro atoms. The molecule has 3 heterocycles. The topological polar surface area (TPSA) is 139 Å². The van der Waals surface area contributed by atoms with Crippen LogP contribution in [0, 0.1) is 13.8 Å². The van der Waals surface area contributed by atoms with Crippen molar-refractivity contribution in [3.8, 4) is 28.4 Å². The number of fused-ring (bicyclic) bond motifs is 3. The van der Waals surface area contributed by atoms with Crippen molar-refractivity contribution in [2.75, 3.05) is 6.61 Å². The van der Waals surface area contributed by atoms with Gasteiger partial charge in [-0.3, -0.25) is 9.78 Å². The van der Waals surface area contributed by atoms with E-state index in [0.29, 0.717) is 46.7 Å². The van der Waals surface area contributed by atoms with E-state index in [1.54, 1.807) is 18.3 Å². The number of carbonyl (C=O) groups excluding carboxylic acids is 2. The summed E-state index contributed by atoms with van der Waals surface area (Å²) in [5.74, 6) is 0.00204. The zero-order valence-corrected chi connectivity index (χ0v) is 36.8. The molecule has 5 aromatic carbocycles. The lowest BCUT2D eigenvalue weighted by Crippen LogP contribution is -2.58. The molecule has 11 nitrogen and oxygen atoms in total. The fourth-order valence-electron chi connectivity index (χ4n) is 8.73. The number of nitrogens with zero attached hydrogens (tertiary/aromatic N) is 2. The van der Waals surface area contributed by atoms with Crippen LogP contribution in [0.25, 0.3) is 11.1 Å². The van der Waals surface area contributed by atoms with E-state index >= 15 is 0 Å². The maximum atomic E-state index is 14.3. The minimum absolute atomic E-state index is 0.0554. The molecule has 326 valence electrons. The van der Waals surface area contributed by atoms with E-state index in [1.165, 1.54) is 16.0 Å². The molecular formula is C51H46Cl2N4O7. The van der Waals surface area contributed by atoms with Gasteiger partial charge in [-0.15, -0.1) is 0 Å². The highest BCUT2D eigenvalue weighted by Gasteiger charge is 2.39. The van der Waals surface area contributed by atoms with Gasteiger partial charge in [0.25, 0.3) is 0 Å². The maximum absolute atomic E-state index is 14.3. The Balaban J connectivity index is 0.913. The van der Waals surface area contributed by atoms with Crippen LogP contribution in [0.2, 0.25) is 10.0 Å². The van der Waals surface area contributed by atoms with Crippen LogP contribution in [0.5, 0.6) is 17.2 Å². The molecule has 3 aliphatic rings. The largest absolute Gasteiger partial charge is 0.489 e. The van der Waals surface area contributed by atoms with E-state index in [-0.39, 0.29) is 32.0 Å². The molecule has 3 atom stereocenters. The fourth-order valence-corrected chi connectivity index (χ4v) is 9.05. The Morgan fingerprint density at radius 3 is 2.27 bits per heavy atom. The number of ether oxygens (including phenoxy) is 3. The predicted octanol–water partition coefficient (Wildman–Crippen LogP) is 9.18. The minimum Gasteiger partial charge on any atom is -0.489 e. The van der Waals surface area contributed by atoms with Crippen LogP contribution >= 0.6 is 23.2 Å². The second kappa shape index (κ2) is 18.3. The lowest BCUT2D eigenvalue weighted by atomic mass is 9.92. The van der Waals surface area contributed by atoms with E-state index in [0.717, 1.165) is 50.2 Å². The first-order chi connectivity index (χ1) is 30.9. The van der Waals surface area contributed by atoms with Gasteiger partial charge in [0.15, 0.2) is 17.6 Å². The van der Waals surface area contributed by atoms with E-state index in [2.05, 4.69) is 27.8 Å². The molecule has 3 N–H and O–H groups in total. The number of rotatable bonds is 11. The van der Waals surface area contributed by atoms with Crippen molar-refractivity contribution in [3.63, 3.8) is 0 Å². The molecule has 1 aromatic heterocycles. The molecule has 9 rings (SSSR count). The van der Waals surface area contributed by atoms with Gasteiger partial charge in [-0.25, -0.2) is 9.59 Å². The van der Waals surface area contributed by atoms with Gasteiger partial charge in [0.2, 0.25) is 5.91 Å². The molecule has 0 fully saturated rings. The number of amides is 3. The van der Waals surface area contributed by atoms with Crippen LogP contribution in [-0.4, -0.2) is 57.6 Å². The molecule has 0 bridgehead atoms. The number of carboxylic acid groups (broad SMARTS) is 1. The average molecular weight is 898 g/mol. The number of benzene rings is 5. The monoisotopic (exact) mass is 896 g/mol. The first-order valence-electron chi connectivity index (χ1n) is 21.3. The van der Waals surface area contributed by atoms with Crippen LogP contribution in [0.15, 0.2) is 115 Å². The van der Waals surface area contributed by atoms with E-state index in [9.17, 15) is 19.5 Å². The van der Waals surface area contributed by atoms with Crippen molar-refractivity contribution in [2.45, 2.75) is 76.9 Å². The molecule has 13 heteroatoms. The van der Waals surface area contributed by atoms with Crippen molar-refractivity contribution in [1.82, 2.24) is 20.5 Å². The Kier molecular flexibility index (Phi) is 12.2. The summed E-state index contributed by atoms with van der Waals surface area (Å²) in [5.41, 5.74) is 10.5. The maximum Gasteiger partial charge on any atom is 0.326 e. The number of nitrogens with one attached hydrogen (secondary N) is 2. The number of urea groups is 1. The summed E-state index contributed by atoms with van der Waals surface area (Å²) < 4.78 is 18.7. The third-order valence-electron chi connectivity index (χ3n) is 12.4. The number of hydrogen-bond donors (Lipinski definition) is 3. The number of halogens is 2. The highest BCUT2D eigenvalue weighted by atomic mass is 35.5. The van der Waals surface area contributed by atoms with Gasteiger partial charge in [-0.05, 0) is 125 Å². The lowest BCUT2D eigenvalue weighted by Gasteiger charge is -2.38. The van der Waals surface area contributed by atoms with Gasteiger partial charge in [-0.2, -0.15) is 0 Å². The molecule has 2 aliphatic heterocycles. The van der Waals surface area contributed by atoms with Gasteiger partial charge in [0, 0.05) is 37.3 Å². The van der Waals surface area contributed by atoms with Crippen molar-refractivity contribution < 1.29 is 33.7 Å². The molecule has 3 amide bonds. The number of aromatic nitrogens is 1. The van der Waals surface area contributed by atoms with Crippen molar-refractivity contribution >= 4 is 41.1 Å².